The molecule has 0 bridgehead atoms. The molecule has 1 aliphatic rings. The highest BCUT2D eigenvalue weighted by Crippen LogP contribution is 2.32. The molecule has 1 fully saturated rings. The minimum atomic E-state index is 0.0714. The molecule has 2 heterocycles. The lowest BCUT2D eigenvalue weighted by Gasteiger charge is -2.29. The molecule has 1 atom stereocenters. The van der Waals surface area contributed by atoms with Gasteiger partial charge in [-0.05, 0) is 17.4 Å². The van der Waals surface area contributed by atoms with E-state index < -0.39 is 0 Å². The Balaban J connectivity index is 2.24. The summed E-state index contributed by atoms with van der Waals surface area (Å²) in [7, 11) is 0. The fourth-order valence-corrected chi connectivity index (χ4v) is 3.06. The van der Waals surface area contributed by atoms with Crippen LogP contribution < -0.4 is 5.32 Å². The summed E-state index contributed by atoms with van der Waals surface area (Å²) < 4.78 is 0. The van der Waals surface area contributed by atoms with Crippen LogP contribution in [0.2, 0.25) is 0 Å². The Morgan fingerprint density at radius 1 is 1.53 bits per heavy atom. The highest BCUT2D eigenvalue weighted by molar-refractivity contribution is 7.10. The minimum absolute atomic E-state index is 0.0714. The second-order valence-corrected chi connectivity index (χ2v) is 5.11. The highest BCUT2D eigenvalue weighted by atomic mass is 32.1. The lowest BCUT2D eigenvalue weighted by Crippen LogP contribution is -2.34. The summed E-state index contributed by atoms with van der Waals surface area (Å²) >= 11 is 1.73. The van der Waals surface area contributed by atoms with E-state index in [4.69, 9.17) is 0 Å². The molecule has 0 saturated carbocycles. The third-order valence-electron chi connectivity index (χ3n) is 2.69. The number of hydrogen-bond acceptors (Lipinski definition) is 2. The lowest BCUT2D eigenvalue weighted by molar-refractivity contribution is 0.181. The Hall–Kier alpha value is -1.03. The number of nitrogens with zero attached hydrogens (tertiary/aromatic N) is 1. The van der Waals surface area contributed by atoms with Gasteiger partial charge < -0.3 is 10.2 Å². The van der Waals surface area contributed by atoms with E-state index in [0.717, 1.165) is 13.1 Å². The number of rotatable bonds is 3. The van der Waals surface area contributed by atoms with Gasteiger partial charge in [-0.15, -0.1) is 11.3 Å². The predicted octanol–water partition coefficient (Wildman–Crippen LogP) is 2.47. The first-order chi connectivity index (χ1) is 7.20. The standard InChI is InChI=1S/C11H16N2OS/c1-8(2)10(9-4-3-7-15-9)13-6-5-12-11(13)14/h3-4,7-8,10H,5-6H2,1-2H3,(H,12,14). The van der Waals surface area contributed by atoms with Crippen LogP contribution in [0.5, 0.6) is 0 Å². The number of amides is 2. The van der Waals surface area contributed by atoms with Gasteiger partial charge >= 0.3 is 6.03 Å². The lowest BCUT2D eigenvalue weighted by atomic mass is 10.0. The summed E-state index contributed by atoms with van der Waals surface area (Å²) in [5.74, 6) is 0.451. The zero-order valence-electron chi connectivity index (χ0n) is 9.06. The van der Waals surface area contributed by atoms with E-state index in [9.17, 15) is 4.79 Å². The van der Waals surface area contributed by atoms with Crippen molar-refractivity contribution in [3.8, 4) is 0 Å². The minimum Gasteiger partial charge on any atom is -0.336 e. The Kier molecular flexibility index (Phi) is 2.95. The normalized spacial score (nSPS) is 18.3. The van der Waals surface area contributed by atoms with Crippen LogP contribution >= 0.6 is 11.3 Å². The van der Waals surface area contributed by atoms with E-state index in [-0.39, 0.29) is 12.1 Å². The van der Waals surface area contributed by atoms with E-state index in [1.807, 2.05) is 11.0 Å². The maximum absolute atomic E-state index is 11.6. The van der Waals surface area contributed by atoms with Crippen molar-refractivity contribution in [3.05, 3.63) is 22.4 Å². The summed E-state index contributed by atoms with van der Waals surface area (Å²) in [6.07, 6.45) is 0. The number of carbonyl (C=O) groups excluding carboxylic acids is 1. The zero-order chi connectivity index (χ0) is 10.8. The molecule has 1 saturated heterocycles. The average molecular weight is 224 g/mol. The average Bonchev–Trinajstić information content (AvgIpc) is 2.79. The topological polar surface area (TPSA) is 32.3 Å². The molecule has 4 heteroatoms. The molecule has 1 unspecified atom stereocenters. The van der Waals surface area contributed by atoms with Crippen LogP contribution in [0.15, 0.2) is 17.5 Å². The van der Waals surface area contributed by atoms with Gasteiger partial charge in [0.05, 0.1) is 6.04 Å². The molecule has 82 valence electrons. The van der Waals surface area contributed by atoms with Crippen molar-refractivity contribution in [2.24, 2.45) is 5.92 Å². The fraction of sp³-hybridized carbons (Fsp3) is 0.545. The van der Waals surface area contributed by atoms with E-state index >= 15 is 0 Å². The summed E-state index contributed by atoms with van der Waals surface area (Å²) in [5, 5.41) is 4.93. The first-order valence-electron chi connectivity index (χ1n) is 5.28. The first-order valence-corrected chi connectivity index (χ1v) is 6.16. The number of thiophene rings is 1. The first kappa shape index (κ1) is 10.5. The van der Waals surface area contributed by atoms with Crippen LogP contribution in [0.3, 0.4) is 0 Å². The van der Waals surface area contributed by atoms with Gasteiger partial charge in [0.1, 0.15) is 0 Å². The Labute approximate surface area is 94.1 Å². The Morgan fingerprint density at radius 2 is 2.33 bits per heavy atom. The molecule has 0 aromatic carbocycles. The van der Waals surface area contributed by atoms with Gasteiger partial charge in [-0.2, -0.15) is 0 Å². The maximum atomic E-state index is 11.6. The predicted molar refractivity (Wildman–Crippen MR) is 62.0 cm³/mol. The SMILES string of the molecule is CC(C)C(c1cccs1)N1CCNC1=O. The number of urea groups is 1. The molecule has 2 rings (SSSR count). The Morgan fingerprint density at radius 3 is 2.80 bits per heavy atom. The van der Waals surface area contributed by atoms with E-state index in [2.05, 4.69) is 30.6 Å². The van der Waals surface area contributed by atoms with Crippen LogP contribution in [0.25, 0.3) is 0 Å². The van der Waals surface area contributed by atoms with Gasteiger partial charge in [-0.3, -0.25) is 0 Å². The number of hydrogen-bond donors (Lipinski definition) is 1. The smallest absolute Gasteiger partial charge is 0.318 e. The molecule has 0 aliphatic carbocycles. The fourth-order valence-electron chi connectivity index (χ4n) is 2.05. The van der Waals surface area contributed by atoms with Crippen molar-refractivity contribution in [1.82, 2.24) is 10.2 Å². The van der Waals surface area contributed by atoms with Crippen molar-refractivity contribution < 1.29 is 4.79 Å². The largest absolute Gasteiger partial charge is 0.336 e. The van der Waals surface area contributed by atoms with Crippen LogP contribution in [0.1, 0.15) is 24.8 Å². The molecule has 0 radical (unpaired) electrons. The van der Waals surface area contributed by atoms with Crippen LogP contribution in [0, 0.1) is 5.92 Å². The highest BCUT2D eigenvalue weighted by Gasteiger charge is 2.31. The van der Waals surface area contributed by atoms with Crippen molar-refractivity contribution in [2.75, 3.05) is 13.1 Å². The zero-order valence-corrected chi connectivity index (χ0v) is 9.88. The van der Waals surface area contributed by atoms with E-state index in [1.54, 1.807) is 11.3 Å². The molecular formula is C11H16N2OS. The second-order valence-electron chi connectivity index (χ2n) is 4.13. The van der Waals surface area contributed by atoms with Gasteiger partial charge in [-0.25, -0.2) is 4.79 Å². The van der Waals surface area contributed by atoms with Crippen LogP contribution in [0.4, 0.5) is 4.79 Å². The molecule has 1 N–H and O–H groups in total. The maximum Gasteiger partial charge on any atom is 0.318 e. The Bertz CT molecular complexity index is 334. The van der Waals surface area contributed by atoms with Crippen molar-refractivity contribution in [1.29, 1.82) is 0 Å². The van der Waals surface area contributed by atoms with Gasteiger partial charge in [-0.1, -0.05) is 19.9 Å². The molecular weight excluding hydrogens is 208 g/mol. The summed E-state index contributed by atoms with van der Waals surface area (Å²) in [4.78, 5) is 14.9. The molecule has 15 heavy (non-hydrogen) atoms. The summed E-state index contributed by atoms with van der Waals surface area (Å²) in [6, 6.07) is 4.46. The van der Waals surface area contributed by atoms with Gasteiger partial charge in [0.25, 0.3) is 0 Å². The van der Waals surface area contributed by atoms with E-state index in [1.165, 1.54) is 4.88 Å². The molecule has 2 amide bonds. The van der Waals surface area contributed by atoms with Crippen LogP contribution in [-0.4, -0.2) is 24.0 Å². The molecule has 0 spiro atoms. The summed E-state index contributed by atoms with van der Waals surface area (Å²) in [6.45, 7) is 5.92. The van der Waals surface area contributed by atoms with Crippen LogP contribution in [-0.2, 0) is 0 Å². The third kappa shape index (κ3) is 2.00. The molecule has 3 nitrogen and oxygen atoms in total. The second kappa shape index (κ2) is 4.23. The third-order valence-corrected chi connectivity index (χ3v) is 3.63. The van der Waals surface area contributed by atoms with Crippen molar-refractivity contribution in [3.63, 3.8) is 0 Å². The summed E-state index contributed by atoms with van der Waals surface area (Å²) in [5.41, 5.74) is 0. The molecule has 1 aromatic rings. The van der Waals surface area contributed by atoms with E-state index in [0.29, 0.717) is 5.92 Å². The molecule has 1 aliphatic heterocycles. The van der Waals surface area contributed by atoms with Gasteiger partial charge in [0.2, 0.25) is 0 Å². The van der Waals surface area contributed by atoms with Gasteiger partial charge in [0, 0.05) is 18.0 Å². The monoisotopic (exact) mass is 224 g/mol. The quantitative estimate of drug-likeness (QED) is 0.840. The van der Waals surface area contributed by atoms with Gasteiger partial charge in [0.15, 0.2) is 0 Å². The number of nitrogens with one attached hydrogen (secondary N) is 1. The van der Waals surface area contributed by atoms with Crippen molar-refractivity contribution >= 4 is 17.4 Å². The van der Waals surface area contributed by atoms with Crippen molar-refractivity contribution in [2.45, 2.75) is 19.9 Å². The molecule has 1 aromatic heterocycles. The number of carbonyl (C=O) groups is 1.